The normalized spacial score (nSPS) is 11.4. The van der Waals surface area contributed by atoms with Gasteiger partial charge in [-0.05, 0) is 24.6 Å². The van der Waals surface area contributed by atoms with Gasteiger partial charge in [0.1, 0.15) is 0 Å². The molecule has 0 heterocycles. The summed E-state index contributed by atoms with van der Waals surface area (Å²) >= 11 is 2.90. The summed E-state index contributed by atoms with van der Waals surface area (Å²) in [4.78, 5) is 22.0. The fraction of sp³-hybridized carbons (Fsp3) is 0.273. The molecule has 2 nitrogen and oxygen atoms in total. The van der Waals surface area contributed by atoms with Gasteiger partial charge in [0.25, 0.3) is 0 Å². The number of hydrogen-bond acceptors (Lipinski definition) is 2. The summed E-state index contributed by atoms with van der Waals surface area (Å²) in [5.41, 5.74) is -1.21. The Kier molecular flexibility index (Phi) is 4.08. The van der Waals surface area contributed by atoms with Gasteiger partial charge in [-0.15, -0.1) is 0 Å². The molecule has 17 heavy (non-hydrogen) atoms. The highest BCUT2D eigenvalue weighted by molar-refractivity contribution is 9.09. The first-order valence-corrected chi connectivity index (χ1v) is 5.69. The van der Waals surface area contributed by atoms with Crippen molar-refractivity contribution in [2.45, 2.75) is 13.1 Å². The van der Waals surface area contributed by atoms with E-state index in [1.165, 1.54) is 6.92 Å². The lowest BCUT2D eigenvalue weighted by Gasteiger charge is -2.12. The molecular weight excluding hydrogens is 301 g/mol. The average Bonchev–Trinajstić information content (AvgIpc) is 2.25. The third-order valence-corrected chi connectivity index (χ3v) is 2.76. The SMILES string of the molecule is Cc1cc(C=O)c(C(F)(F)F)cc1C(=O)CBr. The van der Waals surface area contributed by atoms with Crippen LogP contribution in [0.25, 0.3) is 0 Å². The van der Waals surface area contributed by atoms with Crippen molar-refractivity contribution in [3.8, 4) is 0 Å². The molecule has 0 aliphatic rings. The third-order valence-electron chi connectivity index (χ3n) is 2.25. The topological polar surface area (TPSA) is 34.1 Å². The number of Topliss-reactive ketones (excluding diaryl/α,β-unsaturated/α-hetero) is 1. The molecule has 0 atom stereocenters. The van der Waals surface area contributed by atoms with Crippen molar-refractivity contribution in [2.24, 2.45) is 0 Å². The molecule has 92 valence electrons. The highest BCUT2D eigenvalue weighted by atomic mass is 79.9. The molecule has 0 aliphatic carbocycles. The number of benzene rings is 1. The fourth-order valence-electron chi connectivity index (χ4n) is 1.45. The van der Waals surface area contributed by atoms with Gasteiger partial charge in [-0.2, -0.15) is 13.2 Å². The molecule has 1 rings (SSSR count). The molecule has 0 aromatic heterocycles. The summed E-state index contributed by atoms with van der Waals surface area (Å²) in [6.45, 7) is 1.49. The Morgan fingerprint density at radius 1 is 1.41 bits per heavy atom. The van der Waals surface area contributed by atoms with Crippen LogP contribution in [0, 0.1) is 6.92 Å². The summed E-state index contributed by atoms with van der Waals surface area (Å²) in [6, 6.07) is 1.80. The number of halogens is 4. The smallest absolute Gasteiger partial charge is 0.298 e. The van der Waals surface area contributed by atoms with E-state index < -0.39 is 23.1 Å². The molecule has 0 aliphatic heterocycles. The third kappa shape index (κ3) is 2.94. The maximum atomic E-state index is 12.6. The zero-order valence-corrected chi connectivity index (χ0v) is 10.4. The Morgan fingerprint density at radius 2 is 2.00 bits per heavy atom. The van der Waals surface area contributed by atoms with Crippen molar-refractivity contribution in [3.05, 3.63) is 34.4 Å². The van der Waals surface area contributed by atoms with E-state index in [9.17, 15) is 22.8 Å². The number of hydrogen-bond donors (Lipinski definition) is 0. The van der Waals surface area contributed by atoms with Crippen molar-refractivity contribution in [1.29, 1.82) is 0 Å². The van der Waals surface area contributed by atoms with E-state index in [0.29, 0.717) is 5.56 Å². The summed E-state index contributed by atoms with van der Waals surface area (Å²) in [5.74, 6) is -0.453. The summed E-state index contributed by atoms with van der Waals surface area (Å²) in [5, 5.41) is -0.0639. The number of carbonyl (C=O) groups excluding carboxylic acids is 2. The predicted octanol–water partition coefficient (Wildman–Crippen LogP) is 3.40. The number of aryl methyl sites for hydroxylation is 1. The first-order chi connectivity index (χ1) is 7.81. The Labute approximate surface area is 104 Å². The standard InChI is InChI=1S/C11H8BrF3O2/c1-6-2-7(5-16)9(11(13,14)15)3-8(6)10(17)4-12/h2-3,5H,4H2,1H3. The number of ketones is 1. The number of rotatable bonds is 3. The minimum Gasteiger partial charge on any atom is -0.298 e. The lowest BCUT2D eigenvalue weighted by molar-refractivity contribution is -0.137. The fourth-order valence-corrected chi connectivity index (χ4v) is 1.75. The van der Waals surface area contributed by atoms with Crippen LogP contribution in [0.15, 0.2) is 12.1 Å². The molecular formula is C11H8BrF3O2. The van der Waals surface area contributed by atoms with Crippen LogP contribution in [0.4, 0.5) is 13.2 Å². The molecule has 0 spiro atoms. The molecule has 0 N–H and O–H groups in total. The van der Waals surface area contributed by atoms with Gasteiger partial charge in [-0.1, -0.05) is 15.9 Å². The molecule has 0 radical (unpaired) electrons. The van der Waals surface area contributed by atoms with Crippen LogP contribution in [0.5, 0.6) is 0 Å². The van der Waals surface area contributed by atoms with E-state index in [1.54, 1.807) is 0 Å². The van der Waals surface area contributed by atoms with E-state index in [1.807, 2.05) is 0 Å². The lowest BCUT2D eigenvalue weighted by atomic mass is 9.97. The quantitative estimate of drug-likeness (QED) is 0.487. The van der Waals surface area contributed by atoms with E-state index >= 15 is 0 Å². The van der Waals surface area contributed by atoms with E-state index in [0.717, 1.165) is 12.1 Å². The predicted molar refractivity (Wildman–Crippen MR) is 59.7 cm³/mol. The maximum Gasteiger partial charge on any atom is 0.417 e. The van der Waals surface area contributed by atoms with Crippen LogP contribution in [-0.4, -0.2) is 17.4 Å². The van der Waals surface area contributed by atoms with Gasteiger partial charge >= 0.3 is 6.18 Å². The molecule has 0 saturated carbocycles. The minimum atomic E-state index is -4.65. The van der Waals surface area contributed by atoms with Gasteiger partial charge in [0, 0.05) is 11.1 Å². The second kappa shape index (κ2) is 5.00. The Balaban J connectivity index is 3.48. The molecule has 0 saturated heterocycles. The van der Waals surface area contributed by atoms with Crippen molar-refractivity contribution in [2.75, 3.05) is 5.33 Å². The minimum absolute atomic E-state index is 0.0280. The van der Waals surface area contributed by atoms with E-state index in [4.69, 9.17) is 0 Å². The first kappa shape index (κ1) is 13.9. The van der Waals surface area contributed by atoms with Crippen LogP contribution in [0.3, 0.4) is 0 Å². The van der Waals surface area contributed by atoms with Gasteiger partial charge in [0.15, 0.2) is 12.1 Å². The molecule has 0 unspecified atom stereocenters. The van der Waals surface area contributed by atoms with Gasteiger partial charge in [0.05, 0.1) is 10.9 Å². The molecule has 0 amide bonds. The highest BCUT2D eigenvalue weighted by Gasteiger charge is 2.34. The zero-order valence-electron chi connectivity index (χ0n) is 8.77. The van der Waals surface area contributed by atoms with Crippen LogP contribution in [-0.2, 0) is 6.18 Å². The first-order valence-electron chi connectivity index (χ1n) is 4.57. The van der Waals surface area contributed by atoms with Gasteiger partial charge in [-0.3, -0.25) is 9.59 Å². The van der Waals surface area contributed by atoms with Crippen LogP contribution in [0.2, 0.25) is 0 Å². The van der Waals surface area contributed by atoms with E-state index in [2.05, 4.69) is 15.9 Å². The van der Waals surface area contributed by atoms with E-state index in [-0.39, 0.29) is 17.2 Å². The van der Waals surface area contributed by atoms with Crippen molar-refractivity contribution < 1.29 is 22.8 Å². The monoisotopic (exact) mass is 308 g/mol. The van der Waals surface area contributed by atoms with Crippen LogP contribution in [0.1, 0.15) is 31.8 Å². The molecule has 0 bridgehead atoms. The molecule has 1 aromatic rings. The molecule has 1 aromatic carbocycles. The largest absolute Gasteiger partial charge is 0.417 e. The van der Waals surface area contributed by atoms with Gasteiger partial charge < -0.3 is 0 Å². The second-order valence-corrected chi connectivity index (χ2v) is 3.99. The second-order valence-electron chi connectivity index (χ2n) is 3.43. The Morgan fingerprint density at radius 3 is 2.41 bits per heavy atom. The summed E-state index contributed by atoms with van der Waals surface area (Å²) in [6.07, 6.45) is -4.51. The average molecular weight is 309 g/mol. The molecule has 0 fully saturated rings. The number of carbonyl (C=O) groups is 2. The van der Waals surface area contributed by atoms with Crippen molar-refractivity contribution in [1.82, 2.24) is 0 Å². The van der Waals surface area contributed by atoms with Crippen LogP contribution < -0.4 is 0 Å². The van der Waals surface area contributed by atoms with Crippen molar-refractivity contribution in [3.63, 3.8) is 0 Å². The summed E-state index contributed by atoms with van der Waals surface area (Å²) in [7, 11) is 0. The van der Waals surface area contributed by atoms with Gasteiger partial charge in [0.2, 0.25) is 0 Å². The zero-order chi connectivity index (χ0) is 13.2. The van der Waals surface area contributed by atoms with Crippen LogP contribution >= 0.6 is 15.9 Å². The van der Waals surface area contributed by atoms with Crippen molar-refractivity contribution >= 4 is 28.0 Å². The maximum absolute atomic E-state index is 12.6. The Hall–Kier alpha value is -1.17. The summed E-state index contributed by atoms with van der Waals surface area (Å²) < 4.78 is 37.9. The lowest BCUT2D eigenvalue weighted by Crippen LogP contribution is -2.13. The number of aldehydes is 1. The number of alkyl halides is 4. The Bertz CT molecular complexity index is 467. The molecule has 6 heteroatoms. The highest BCUT2D eigenvalue weighted by Crippen LogP contribution is 2.33. The van der Waals surface area contributed by atoms with Gasteiger partial charge in [-0.25, -0.2) is 0 Å².